The Morgan fingerprint density at radius 1 is 1.44 bits per heavy atom. The zero-order chi connectivity index (χ0) is 13.0. The minimum absolute atomic E-state index is 0.00114. The Morgan fingerprint density at radius 2 is 2.17 bits per heavy atom. The van der Waals surface area contributed by atoms with Crippen LogP contribution in [-0.4, -0.2) is 18.0 Å². The standard InChI is InChI=1S/C15H22N2O/c1-2-5-14(16)15(18)17-13-9-8-11-6-3-4-7-12(11)10-13/h3-4,6-7,13-14H,2,5,8-10,16H2,1H3,(H,17,18). The van der Waals surface area contributed by atoms with E-state index in [0.29, 0.717) is 0 Å². The summed E-state index contributed by atoms with van der Waals surface area (Å²) < 4.78 is 0. The lowest BCUT2D eigenvalue weighted by Crippen LogP contribution is -2.47. The maximum absolute atomic E-state index is 11.9. The van der Waals surface area contributed by atoms with Crippen molar-refractivity contribution in [1.29, 1.82) is 0 Å². The lowest BCUT2D eigenvalue weighted by Gasteiger charge is -2.26. The van der Waals surface area contributed by atoms with Gasteiger partial charge in [0.1, 0.15) is 0 Å². The van der Waals surface area contributed by atoms with E-state index in [0.717, 1.165) is 32.1 Å². The van der Waals surface area contributed by atoms with Gasteiger partial charge in [-0.05, 0) is 36.8 Å². The minimum atomic E-state index is -0.354. The van der Waals surface area contributed by atoms with Crippen molar-refractivity contribution < 1.29 is 4.79 Å². The molecule has 0 saturated carbocycles. The van der Waals surface area contributed by atoms with Gasteiger partial charge in [-0.15, -0.1) is 0 Å². The quantitative estimate of drug-likeness (QED) is 0.851. The molecule has 0 radical (unpaired) electrons. The summed E-state index contributed by atoms with van der Waals surface area (Å²) >= 11 is 0. The van der Waals surface area contributed by atoms with Crippen LogP contribution in [0.3, 0.4) is 0 Å². The molecule has 3 nitrogen and oxygen atoms in total. The molecular weight excluding hydrogens is 224 g/mol. The molecule has 0 fully saturated rings. The predicted molar refractivity (Wildman–Crippen MR) is 73.3 cm³/mol. The normalized spacial score (nSPS) is 20.0. The van der Waals surface area contributed by atoms with E-state index in [2.05, 4.69) is 29.6 Å². The number of rotatable bonds is 4. The number of nitrogens with one attached hydrogen (secondary N) is 1. The smallest absolute Gasteiger partial charge is 0.237 e. The van der Waals surface area contributed by atoms with Crippen LogP contribution in [0.15, 0.2) is 24.3 Å². The first-order chi connectivity index (χ1) is 8.70. The van der Waals surface area contributed by atoms with E-state index in [1.54, 1.807) is 0 Å². The van der Waals surface area contributed by atoms with Crippen molar-refractivity contribution in [3.8, 4) is 0 Å². The summed E-state index contributed by atoms with van der Waals surface area (Å²) in [5.74, 6) is 0.00114. The molecule has 1 amide bonds. The van der Waals surface area contributed by atoms with Gasteiger partial charge >= 0.3 is 0 Å². The maximum atomic E-state index is 11.9. The molecule has 98 valence electrons. The maximum Gasteiger partial charge on any atom is 0.237 e. The Bertz CT molecular complexity index is 417. The summed E-state index contributed by atoms with van der Waals surface area (Å²) in [5.41, 5.74) is 8.60. The second kappa shape index (κ2) is 6.01. The number of hydrogen-bond donors (Lipinski definition) is 2. The lowest BCUT2D eigenvalue weighted by atomic mass is 9.88. The third-order valence-electron chi connectivity index (χ3n) is 3.63. The molecule has 2 atom stereocenters. The number of carbonyl (C=O) groups is 1. The molecule has 3 N–H and O–H groups in total. The first-order valence-corrected chi connectivity index (χ1v) is 6.83. The second-order valence-electron chi connectivity index (χ2n) is 5.11. The third-order valence-corrected chi connectivity index (χ3v) is 3.63. The Kier molecular flexibility index (Phi) is 4.37. The van der Waals surface area contributed by atoms with Crippen LogP contribution in [0.1, 0.15) is 37.3 Å². The minimum Gasteiger partial charge on any atom is -0.352 e. The molecule has 18 heavy (non-hydrogen) atoms. The molecule has 0 saturated heterocycles. The van der Waals surface area contributed by atoms with Crippen LogP contribution in [0.25, 0.3) is 0 Å². The molecule has 0 heterocycles. The molecule has 1 aromatic carbocycles. The largest absolute Gasteiger partial charge is 0.352 e. The SMILES string of the molecule is CCCC(N)C(=O)NC1CCc2ccccc2C1. The number of benzene rings is 1. The molecule has 1 aliphatic rings. The van der Waals surface area contributed by atoms with Crippen molar-refractivity contribution in [1.82, 2.24) is 5.32 Å². The number of nitrogens with two attached hydrogens (primary N) is 1. The summed E-state index contributed by atoms with van der Waals surface area (Å²) in [5, 5.41) is 3.08. The van der Waals surface area contributed by atoms with E-state index in [4.69, 9.17) is 5.73 Å². The van der Waals surface area contributed by atoms with Crippen LogP contribution < -0.4 is 11.1 Å². The lowest BCUT2D eigenvalue weighted by molar-refractivity contribution is -0.123. The van der Waals surface area contributed by atoms with Gasteiger partial charge < -0.3 is 11.1 Å². The van der Waals surface area contributed by atoms with Gasteiger partial charge in [0.25, 0.3) is 0 Å². The van der Waals surface area contributed by atoms with Crippen LogP contribution in [0, 0.1) is 0 Å². The molecule has 1 aromatic rings. The van der Waals surface area contributed by atoms with Crippen LogP contribution in [0.5, 0.6) is 0 Å². The number of carbonyl (C=O) groups excluding carboxylic acids is 1. The van der Waals surface area contributed by atoms with Crippen LogP contribution in [0.4, 0.5) is 0 Å². The zero-order valence-electron chi connectivity index (χ0n) is 11.0. The molecule has 2 unspecified atom stereocenters. The van der Waals surface area contributed by atoms with E-state index in [1.807, 2.05) is 6.92 Å². The number of fused-ring (bicyclic) bond motifs is 1. The van der Waals surface area contributed by atoms with E-state index in [1.165, 1.54) is 11.1 Å². The molecular formula is C15H22N2O. The topological polar surface area (TPSA) is 55.1 Å². The van der Waals surface area contributed by atoms with Crippen molar-refractivity contribution in [3.63, 3.8) is 0 Å². The first kappa shape index (κ1) is 13.1. The van der Waals surface area contributed by atoms with Gasteiger partial charge in [0.05, 0.1) is 6.04 Å². The highest BCUT2D eigenvalue weighted by Crippen LogP contribution is 2.21. The van der Waals surface area contributed by atoms with E-state index in [9.17, 15) is 4.79 Å². The molecule has 1 aliphatic carbocycles. The van der Waals surface area contributed by atoms with Crippen LogP contribution in [-0.2, 0) is 17.6 Å². The Hall–Kier alpha value is -1.35. The van der Waals surface area contributed by atoms with Gasteiger partial charge in [0.2, 0.25) is 5.91 Å². The van der Waals surface area contributed by atoms with Crippen molar-refractivity contribution in [3.05, 3.63) is 35.4 Å². The molecule has 3 heteroatoms. The molecule has 0 aromatic heterocycles. The fraction of sp³-hybridized carbons (Fsp3) is 0.533. The summed E-state index contributed by atoms with van der Waals surface area (Å²) in [6.45, 7) is 2.05. The van der Waals surface area contributed by atoms with Crippen molar-refractivity contribution >= 4 is 5.91 Å². The van der Waals surface area contributed by atoms with Gasteiger partial charge in [-0.25, -0.2) is 0 Å². The summed E-state index contributed by atoms with van der Waals surface area (Å²) in [7, 11) is 0. The molecule has 0 aliphatic heterocycles. The third kappa shape index (κ3) is 3.10. The highest BCUT2D eigenvalue weighted by Gasteiger charge is 2.21. The molecule has 0 spiro atoms. The summed E-state index contributed by atoms with van der Waals surface area (Å²) in [4.78, 5) is 11.9. The van der Waals surface area contributed by atoms with E-state index in [-0.39, 0.29) is 18.0 Å². The fourth-order valence-electron chi connectivity index (χ4n) is 2.57. The second-order valence-corrected chi connectivity index (χ2v) is 5.11. The number of amides is 1. The van der Waals surface area contributed by atoms with Gasteiger partial charge in [-0.3, -0.25) is 4.79 Å². The van der Waals surface area contributed by atoms with E-state index < -0.39 is 0 Å². The average Bonchev–Trinajstić information content (AvgIpc) is 2.39. The summed E-state index contributed by atoms with van der Waals surface area (Å²) in [6, 6.07) is 8.36. The van der Waals surface area contributed by atoms with Gasteiger partial charge in [-0.1, -0.05) is 37.6 Å². The highest BCUT2D eigenvalue weighted by atomic mass is 16.2. The monoisotopic (exact) mass is 246 g/mol. The van der Waals surface area contributed by atoms with Crippen molar-refractivity contribution in [2.45, 2.75) is 51.1 Å². The Balaban J connectivity index is 1.92. The first-order valence-electron chi connectivity index (χ1n) is 6.83. The number of hydrogen-bond acceptors (Lipinski definition) is 2. The average molecular weight is 246 g/mol. The summed E-state index contributed by atoms with van der Waals surface area (Å²) in [6.07, 6.45) is 4.70. The highest BCUT2D eigenvalue weighted by molar-refractivity contribution is 5.81. The van der Waals surface area contributed by atoms with Crippen LogP contribution >= 0.6 is 0 Å². The van der Waals surface area contributed by atoms with Crippen molar-refractivity contribution in [2.24, 2.45) is 5.73 Å². The molecule has 2 rings (SSSR count). The van der Waals surface area contributed by atoms with E-state index >= 15 is 0 Å². The van der Waals surface area contributed by atoms with Gasteiger partial charge in [-0.2, -0.15) is 0 Å². The van der Waals surface area contributed by atoms with Crippen LogP contribution in [0.2, 0.25) is 0 Å². The zero-order valence-corrected chi connectivity index (χ0v) is 11.0. The predicted octanol–water partition coefficient (Wildman–Crippen LogP) is 1.79. The Morgan fingerprint density at radius 3 is 2.89 bits per heavy atom. The van der Waals surface area contributed by atoms with Gasteiger partial charge in [0.15, 0.2) is 0 Å². The number of aryl methyl sites for hydroxylation is 1. The molecule has 0 bridgehead atoms. The fourth-order valence-corrected chi connectivity index (χ4v) is 2.57. The van der Waals surface area contributed by atoms with Gasteiger partial charge in [0, 0.05) is 6.04 Å². The van der Waals surface area contributed by atoms with Crippen molar-refractivity contribution in [2.75, 3.05) is 0 Å². The Labute approximate surface area is 109 Å².